The maximum Gasteiger partial charge on any atom is 0.416 e. The van der Waals surface area contributed by atoms with E-state index >= 15 is 0 Å². The molecule has 3 nitrogen and oxygen atoms in total. The van der Waals surface area contributed by atoms with Gasteiger partial charge in [-0.3, -0.25) is 9.69 Å². The van der Waals surface area contributed by atoms with Crippen molar-refractivity contribution < 1.29 is 22.4 Å². The first kappa shape index (κ1) is 22.8. The number of alkyl halides is 3. The fraction of sp³-hybridized carbons (Fsp3) is 0.440. The third-order valence-electron chi connectivity index (χ3n) is 6.62. The molecule has 1 saturated heterocycles. The Morgan fingerprint density at radius 3 is 2.50 bits per heavy atom. The molecule has 0 bridgehead atoms. The van der Waals surface area contributed by atoms with Crippen molar-refractivity contribution in [2.24, 2.45) is 0 Å². The van der Waals surface area contributed by atoms with Gasteiger partial charge in [-0.25, -0.2) is 4.39 Å². The van der Waals surface area contributed by atoms with Gasteiger partial charge in [0.05, 0.1) is 17.3 Å². The average Bonchev–Trinajstić information content (AvgIpc) is 2.80. The van der Waals surface area contributed by atoms with Crippen LogP contribution in [-0.2, 0) is 11.0 Å². The molecular formula is C25H27F4N2O. The van der Waals surface area contributed by atoms with E-state index in [1.165, 1.54) is 5.56 Å². The first-order valence-electron chi connectivity index (χ1n) is 11.1. The van der Waals surface area contributed by atoms with Crippen LogP contribution in [0.1, 0.15) is 55.6 Å². The maximum absolute atomic E-state index is 14.3. The molecule has 4 rings (SSSR count). The Labute approximate surface area is 185 Å². The summed E-state index contributed by atoms with van der Waals surface area (Å²) >= 11 is 0. The smallest absolute Gasteiger partial charge is 0.322 e. The standard InChI is InChI=1S/C25H27F4N2O/c26-20-16-18(25(27,28)29)13-14-21(20)30-24(32)23-12-6-7-15-31(23)22-11-5-4-10-19(22)17-8-2-1-3-9-17/h1-3,6,8-9,13-14,16,19,22-23H,4-5,7,10-12,15H2,(H,30,32)/t19-,22-,23?/m0/s1. The Morgan fingerprint density at radius 2 is 1.78 bits per heavy atom. The molecule has 2 aromatic carbocycles. The Morgan fingerprint density at radius 1 is 1.03 bits per heavy atom. The number of benzene rings is 2. The Hall–Kier alpha value is -2.41. The number of anilines is 1. The molecule has 2 fully saturated rings. The molecular weight excluding hydrogens is 420 g/mol. The number of hydrogen-bond acceptors (Lipinski definition) is 2. The molecule has 171 valence electrons. The summed E-state index contributed by atoms with van der Waals surface area (Å²) in [5.74, 6) is -1.14. The molecule has 1 radical (unpaired) electrons. The minimum absolute atomic E-state index is 0.202. The van der Waals surface area contributed by atoms with Gasteiger partial charge in [0.1, 0.15) is 5.82 Å². The van der Waals surface area contributed by atoms with Crippen LogP contribution >= 0.6 is 0 Å². The Balaban J connectivity index is 1.53. The van der Waals surface area contributed by atoms with Gasteiger partial charge >= 0.3 is 6.18 Å². The summed E-state index contributed by atoms with van der Waals surface area (Å²) in [6, 6.07) is 12.2. The third-order valence-corrected chi connectivity index (χ3v) is 6.62. The van der Waals surface area contributed by atoms with Crippen molar-refractivity contribution >= 4 is 11.6 Å². The first-order valence-corrected chi connectivity index (χ1v) is 11.1. The lowest BCUT2D eigenvalue weighted by Crippen LogP contribution is -2.54. The predicted octanol–water partition coefficient (Wildman–Crippen LogP) is 6.18. The van der Waals surface area contributed by atoms with Crippen LogP contribution in [-0.4, -0.2) is 29.4 Å². The molecule has 1 amide bonds. The highest BCUT2D eigenvalue weighted by Gasteiger charge is 2.39. The minimum atomic E-state index is -4.63. The molecule has 1 aliphatic heterocycles. The second-order valence-corrected chi connectivity index (χ2v) is 8.62. The topological polar surface area (TPSA) is 32.3 Å². The first-order chi connectivity index (χ1) is 15.3. The van der Waals surface area contributed by atoms with Gasteiger partial charge < -0.3 is 5.32 Å². The van der Waals surface area contributed by atoms with Crippen LogP contribution in [0.2, 0.25) is 0 Å². The van der Waals surface area contributed by atoms with E-state index in [0.29, 0.717) is 18.4 Å². The van der Waals surface area contributed by atoms with E-state index in [9.17, 15) is 22.4 Å². The fourth-order valence-electron chi connectivity index (χ4n) is 5.07. The van der Waals surface area contributed by atoms with Crippen LogP contribution in [0.3, 0.4) is 0 Å². The summed E-state index contributed by atoms with van der Waals surface area (Å²) in [7, 11) is 0. The van der Waals surface area contributed by atoms with E-state index in [-0.39, 0.29) is 17.6 Å². The van der Waals surface area contributed by atoms with Crippen LogP contribution in [0.15, 0.2) is 48.5 Å². The third kappa shape index (κ3) is 4.98. The van der Waals surface area contributed by atoms with Crippen molar-refractivity contribution in [3.05, 3.63) is 71.9 Å². The van der Waals surface area contributed by atoms with Crippen molar-refractivity contribution in [3.8, 4) is 0 Å². The van der Waals surface area contributed by atoms with Crippen LogP contribution in [0, 0.1) is 12.2 Å². The van der Waals surface area contributed by atoms with Crippen molar-refractivity contribution in [2.75, 3.05) is 11.9 Å². The summed E-state index contributed by atoms with van der Waals surface area (Å²) in [4.78, 5) is 15.4. The van der Waals surface area contributed by atoms with Crippen molar-refractivity contribution in [2.45, 2.75) is 62.7 Å². The van der Waals surface area contributed by atoms with E-state index in [1.54, 1.807) is 0 Å². The number of rotatable bonds is 4. The van der Waals surface area contributed by atoms with Crippen molar-refractivity contribution in [3.63, 3.8) is 0 Å². The number of carbonyl (C=O) groups is 1. The predicted molar refractivity (Wildman–Crippen MR) is 115 cm³/mol. The molecule has 2 aliphatic rings. The molecule has 32 heavy (non-hydrogen) atoms. The van der Waals surface area contributed by atoms with E-state index in [4.69, 9.17) is 0 Å². The monoisotopic (exact) mass is 447 g/mol. The minimum Gasteiger partial charge on any atom is -0.322 e. The Bertz CT molecular complexity index is 931. The normalized spacial score (nSPS) is 24.8. The summed E-state index contributed by atoms with van der Waals surface area (Å²) in [6.07, 6.45) is 3.10. The highest BCUT2D eigenvalue weighted by atomic mass is 19.4. The quantitative estimate of drug-likeness (QED) is 0.568. The summed E-state index contributed by atoms with van der Waals surface area (Å²) in [6.45, 7) is 0.738. The van der Waals surface area contributed by atoms with Crippen LogP contribution in [0.5, 0.6) is 0 Å². The van der Waals surface area contributed by atoms with Gasteiger partial charge in [0.25, 0.3) is 0 Å². The van der Waals surface area contributed by atoms with Gasteiger partial charge in [0, 0.05) is 6.04 Å². The Kier molecular flexibility index (Phi) is 6.84. The molecule has 7 heteroatoms. The largest absolute Gasteiger partial charge is 0.416 e. The molecule has 1 N–H and O–H groups in total. The number of halogens is 4. The zero-order valence-electron chi connectivity index (χ0n) is 17.7. The number of nitrogens with one attached hydrogen (secondary N) is 1. The molecule has 0 spiro atoms. The molecule has 2 aromatic rings. The fourth-order valence-corrected chi connectivity index (χ4v) is 5.07. The maximum atomic E-state index is 14.3. The van der Waals surface area contributed by atoms with Crippen LogP contribution in [0.25, 0.3) is 0 Å². The number of amides is 1. The van der Waals surface area contributed by atoms with Gasteiger partial charge in [0.15, 0.2) is 0 Å². The molecule has 1 saturated carbocycles. The molecule has 0 aromatic heterocycles. The lowest BCUT2D eigenvalue weighted by atomic mass is 9.78. The molecule has 1 unspecified atom stereocenters. The number of piperidine rings is 1. The SMILES string of the molecule is O=C(Nc1ccc(C(F)(F)F)cc1F)C1C[CH]CCN1[C@H]1CCCC[C@H]1c1ccccc1. The number of nitrogens with zero attached hydrogens (tertiary/aromatic N) is 1. The second kappa shape index (κ2) is 9.61. The lowest BCUT2D eigenvalue weighted by Gasteiger charge is -2.45. The lowest BCUT2D eigenvalue weighted by molar-refractivity contribution is -0.137. The van der Waals surface area contributed by atoms with Gasteiger partial charge in [-0.1, -0.05) is 43.2 Å². The van der Waals surface area contributed by atoms with Crippen LogP contribution < -0.4 is 5.32 Å². The summed E-state index contributed by atoms with van der Waals surface area (Å²) in [5, 5.41) is 2.54. The molecule has 1 aliphatic carbocycles. The van der Waals surface area contributed by atoms with E-state index < -0.39 is 23.6 Å². The average molecular weight is 447 g/mol. The van der Waals surface area contributed by atoms with Gasteiger partial charge in [-0.05, 0) is 68.3 Å². The van der Waals surface area contributed by atoms with E-state index in [2.05, 4.69) is 28.8 Å². The molecule has 1 heterocycles. The van der Waals surface area contributed by atoms with Gasteiger partial charge in [0.2, 0.25) is 5.91 Å². The molecule has 3 atom stereocenters. The van der Waals surface area contributed by atoms with Gasteiger partial charge in [-0.15, -0.1) is 0 Å². The highest BCUT2D eigenvalue weighted by Crippen LogP contribution is 2.39. The zero-order valence-corrected chi connectivity index (χ0v) is 17.7. The van der Waals surface area contributed by atoms with E-state index in [0.717, 1.165) is 50.8 Å². The second-order valence-electron chi connectivity index (χ2n) is 8.62. The summed E-state index contributed by atoms with van der Waals surface area (Å²) in [5.41, 5.74) is -0.0370. The number of likely N-dealkylation sites (tertiary alicyclic amines) is 1. The number of hydrogen-bond donors (Lipinski definition) is 1. The zero-order chi connectivity index (χ0) is 22.7. The van der Waals surface area contributed by atoms with Crippen molar-refractivity contribution in [1.82, 2.24) is 4.90 Å². The van der Waals surface area contributed by atoms with Crippen LogP contribution in [0.4, 0.5) is 23.2 Å². The highest BCUT2D eigenvalue weighted by molar-refractivity contribution is 5.95. The summed E-state index contributed by atoms with van der Waals surface area (Å²) < 4.78 is 52.8. The number of carbonyl (C=O) groups excluding carboxylic acids is 1. The van der Waals surface area contributed by atoms with E-state index in [1.807, 2.05) is 18.2 Å². The van der Waals surface area contributed by atoms with Gasteiger partial charge in [-0.2, -0.15) is 13.2 Å². The van der Waals surface area contributed by atoms with Crippen molar-refractivity contribution in [1.29, 1.82) is 0 Å².